The predicted octanol–water partition coefficient (Wildman–Crippen LogP) is 3.45. The SMILES string of the molecule is Cc1nc(NS(=O)(=O)c2ccc(F)cc2)sc1-c1cccnc1. The number of aryl methyl sites for hydroxylation is 1. The van der Waals surface area contributed by atoms with Gasteiger partial charge in [-0.2, -0.15) is 0 Å². The van der Waals surface area contributed by atoms with E-state index >= 15 is 0 Å². The second-order valence-corrected chi connectivity index (χ2v) is 7.42. The first kappa shape index (κ1) is 15.6. The van der Waals surface area contributed by atoms with E-state index in [9.17, 15) is 12.8 Å². The van der Waals surface area contributed by atoms with Gasteiger partial charge in [-0.05, 0) is 37.3 Å². The van der Waals surface area contributed by atoms with E-state index in [1.807, 2.05) is 6.07 Å². The van der Waals surface area contributed by atoms with E-state index in [4.69, 9.17) is 0 Å². The molecule has 0 aliphatic rings. The Kier molecular flexibility index (Phi) is 4.10. The average molecular weight is 349 g/mol. The number of sulfonamides is 1. The quantitative estimate of drug-likeness (QED) is 0.783. The van der Waals surface area contributed by atoms with Crippen molar-refractivity contribution < 1.29 is 12.8 Å². The van der Waals surface area contributed by atoms with Crippen LogP contribution in [0.3, 0.4) is 0 Å². The molecule has 0 saturated carbocycles. The Bertz CT molecular complexity index is 923. The van der Waals surface area contributed by atoms with E-state index in [1.165, 1.54) is 23.5 Å². The molecule has 0 saturated heterocycles. The molecule has 0 aliphatic heterocycles. The van der Waals surface area contributed by atoms with Crippen LogP contribution in [0, 0.1) is 12.7 Å². The smallest absolute Gasteiger partial charge is 0.263 e. The summed E-state index contributed by atoms with van der Waals surface area (Å²) in [4.78, 5) is 9.11. The summed E-state index contributed by atoms with van der Waals surface area (Å²) in [5.41, 5.74) is 1.58. The third kappa shape index (κ3) is 3.38. The fourth-order valence-corrected chi connectivity index (χ4v) is 4.18. The molecule has 3 aromatic rings. The van der Waals surface area contributed by atoms with Crippen LogP contribution in [0.2, 0.25) is 0 Å². The number of rotatable bonds is 4. The van der Waals surface area contributed by atoms with Crippen LogP contribution in [-0.4, -0.2) is 18.4 Å². The van der Waals surface area contributed by atoms with Crippen LogP contribution in [0.5, 0.6) is 0 Å². The minimum Gasteiger partial charge on any atom is -0.264 e. The summed E-state index contributed by atoms with van der Waals surface area (Å²) in [6.45, 7) is 1.80. The van der Waals surface area contributed by atoms with Gasteiger partial charge in [0.15, 0.2) is 5.13 Å². The maximum Gasteiger partial charge on any atom is 0.263 e. The molecule has 118 valence electrons. The van der Waals surface area contributed by atoms with Gasteiger partial charge in [0.1, 0.15) is 5.82 Å². The van der Waals surface area contributed by atoms with Gasteiger partial charge in [-0.1, -0.05) is 17.4 Å². The van der Waals surface area contributed by atoms with Crippen LogP contribution in [0.1, 0.15) is 5.69 Å². The van der Waals surface area contributed by atoms with E-state index < -0.39 is 15.8 Å². The number of anilines is 1. The summed E-state index contributed by atoms with van der Waals surface area (Å²) >= 11 is 1.22. The van der Waals surface area contributed by atoms with Crippen molar-refractivity contribution in [1.29, 1.82) is 0 Å². The second kappa shape index (κ2) is 6.05. The molecule has 1 N–H and O–H groups in total. The number of benzene rings is 1. The Hall–Kier alpha value is -2.32. The zero-order chi connectivity index (χ0) is 16.4. The Balaban J connectivity index is 1.90. The number of hydrogen-bond donors (Lipinski definition) is 1. The molecule has 0 spiro atoms. The Morgan fingerprint density at radius 3 is 2.57 bits per heavy atom. The van der Waals surface area contributed by atoms with Gasteiger partial charge < -0.3 is 0 Å². The highest BCUT2D eigenvalue weighted by Crippen LogP contribution is 2.33. The van der Waals surface area contributed by atoms with Crippen LogP contribution in [0.15, 0.2) is 53.7 Å². The van der Waals surface area contributed by atoms with Gasteiger partial charge in [0.05, 0.1) is 15.5 Å². The lowest BCUT2D eigenvalue weighted by Gasteiger charge is -2.04. The van der Waals surface area contributed by atoms with Crippen molar-refractivity contribution in [3.05, 3.63) is 60.3 Å². The summed E-state index contributed by atoms with van der Waals surface area (Å²) in [7, 11) is -3.80. The van der Waals surface area contributed by atoms with Gasteiger partial charge in [0.25, 0.3) is 10.0 Å². The van der Waals surface area contributed by atoms with Crippen LogP contribution in [0.25, 0.3) is 10.4 Å². The fraction of sp³-hybridized carbons (Fsp3) is 0.0667. The first-order valence-corrected chi connectivity index (χ1v) is 8.92. The third-order valence-corrected chi connectivity index (χ3v) is 5.67. The maximum absolute atomic E-state index is 12.9. The number of thiazole rings is 1. The van der Waals surface area contributed by atoms with Gasteiger partial charge in [0.2, 0.25) is 0 Å². The lowest BCUT2D eigenvalue weighted by atomic mass is 10.2. The minimum absolute atomic E-state index is 0.0188. The highest BCUT2D eigenvalue weighted by atomic mass is 32.2. The normalized spacial score (nSPS) is 11.4. The van der Waals surface area contributed by atoms with Gasteiger partial charge in [-0.3, -0.25) is 9.71 Å². The molecular formula is C15H12FN3O2S2. The zero-order valence-electron chi connectivity index (χ0n) is 12.0. The molecule has 1 aromatic carbocycles. The van der Waals surface area contributed by atoms with Crippen molar-refractivity contribution in [3.8, 4) is 10.4 Å². The first-order chi connectivity index (χ1) is 11.0. The van der Waals surface area contributed by atoms with Gasteiger partial charge in [-0.25, -0.2) is 17.8 Å². The van der Waals surface area contributed by atoms with Crippen LogP contribution in [-0.2, 0) is 10.0 Å². The van der Waals surface area contributed by atoms with Crippen LogP contribution in [0.4, 0.5) is 9.52 Å². The molecule has 23 heavy (non-hydrogen) atoms. The second-order valence-electron chi connectivity index (χ2n) is 4.73. The summed E-state index contributed by atoms with van der Waals surface area (Å²) < 4.78 is 39.9. The van der Waals surface area contributed by atoms with Crippen molar-refractivity contribution in [3.63, 3.8) is 0 Å². The molecule has 2 aromatic heterocycles. The van der Waals surface area contributed by atoms with E-state index in [1.54, 1.807) is 25.4 Å². The molecular weight excluding hydrogens is 337 g/mol. The van der Waals surface area contributed by atoms with Crippen molar-refractivity contribution in [2.75, 3.05) is 4.72 Å². The number of halogens is 1. The van der Waals surface area contributed by atoms with Crippen molar-refractivity contribution >= 4 is 26.5 Å². The molecule has 0 atom stereocenters. The van der Waals surface area contributed by atoms with Crippen LogP contribution >= 0.6 is 11.3 Å². The summed E-state index contributed by atoms with van der Waals surface area (Å²) in [6, 6.07) is 8.30. The highest BCUT2D eigenvalue weighted by molar-refractivity contribution is 7.93. The molecule has 0 unspecified atom stereocenters. The molecule has 5 nitrogen and oxygen atoms in total. The monoisotopic (exact) mass is 349 g/mol. The van der Waals surface area contributed by atoms with Crippen molar-refractivity contribution in [1.82, 2.24) is 9.97 Å². The topological polar surface area (TPSA) is 72.0 Å². The molecule has 0 aliphatic carbocycles. The minimum atomic E-state index is -3.80. The number of hydrogen-bond acceptors (Lipinski definition) is 5. The molecule has 8 heteroatoms. The van der Waals surface area contributed by atoms with Gasteiger partial charge in [-0.15, -0.1) is 0 Å². The van der Waals surface area contributed by atoms with Gasteiger partial charge >= 0.3 is 0 Å². The van der Waals surface area contributed by atoms with Crippen LogP contribution < -0.4 is 4.72 Å². The summed E-state index contributed by atoms with van der Waals surface area (Å²) in [6.07, 6.45) is 3.36. The maximum atomic E-state index is 12.9. The van der Waals surface area contributed by atoms with Gasteiger partial charge in [0, 0.05) is 18.0 Å². The molecule has 0 fully saturated rings. The Labute approximate surface area is 136 Å². The molecule has 0 amide bonds. The Morgan fingerprint density at radius 2 is 1.91 bits per heavy atom. The standard InChI is InChI=1S/C15H12FN3O2S2/c1-10-14(11-3-2-8-17-9-11)22-15(18-10)19-23(20,21)13-6-4-12(16)5-7-13/h2-9H,1H3,(H,18,19). The Morgan fingerprint density at radius 1 is 1.17 bits per heavy atom. The largest absolute Gasteiger partial charge is 0.264 e. The van der Waals surface area contributed by atoms with E-state index in [-0.39, 0.29) is 10.0 Å². The number of aromatic nitrogens is 2. The van der Waals surface area contributed by atoms with Crippen molar-refractivity contribution in [2.45, 2.75) is 11.8 Å². The van der Waals surface area contributed by atoms with E-state index in [2.05, 4.69) is 14.7 Å². The average Bonchev–Trinajstić information content (AvgIpc) is 2.88. The summed E-state index contributed by atoms with van der Waals surface area (Å²) in [5, 5.41) is 0.255. The molecule has 2 heterocycles. The fourth-order valence-electron chi connectivity index (χ4n) is 1.99. The lowest BCUT2D eigenvalue weighted by Crippen LogP contribution is -2.12. The highest BCUT2D eigenvalue weighted by Gasteiger charge is 2.18. The van der Waals surface area contributed by atoms with Crippen molar-refractivity contribution in [2.24, 2.45) is 0 Å². The molecule has 0 bridgehead atoms. The lowest BCUT2D eigenvalue weighted by molar-refractivity contribution is 0.599. The first-order valence-electron chi connectivity index (χ1n) is 6.62. The molecule has 3 rings (SSSR count). The number of nitrogens with zero attached hydrogens (tertiary/aromatic N) is 2. The third-order valence-electron chi connectivity index (χ3n) is 3.07. The summed E-state index contributed by atoms with van der Waals surface area (Å²) in [5.74, 6) is -0.493. The zero-order valence-corrected chi connectivity index (χ0v) is 13.7. The van der Waals surface area contributed by atoms with E-state index in [0.29, 0.717) is 5.69 Å². The number of nitrogens with one attached hydrogen (secondary N) is 1. The molecule has 0 radical (unpaired) electrons. The number of pyridine rings is 1. The van der Waals surface area contributed by atoms with E-state index in [0.717, 1.165) is 22.6 Å². The predicted molar refractivity (Wildman–Crippen MR) is 87.3 cm³/mol.